The standard InChI is InChI=1S/C21H29N3O3S.HI/c1-5-22-21(23-13-17-7-6-8-19(12-17)15-27-3)24-14-18-9-10-20(16(2)11-18)28(4,25)26;/h6-12H,5,13-15H2,1-4H3,(H2,22,23,24);1H. The summed E-state index contributed by atoms with van der Waals surface area (Å²) in [4.78, 5) is 5.01. The van der Waals surface area contributed by atoms with Gasteiger partial charge in [0.05, 0.1) is 18.0 Å². The molecule has 0 bridgehead atoms. The van der Waals surface area contributed by atoms with E-state index in [1.165, 1.54) is 6.26 Å². The van der Waals surface area contributed by atoms with Crippen LogP contribution in [-0.2, 0) is 34.3 Å². The molecular formula is C21H30IN3O3S. The number of halogens is 1. The van der Waals surface area contributed by atoms with Gasteiger partial charge in [0.1, 0.15) is 0 Å². The number of aryl methyl sites for hydroxylation is 1. The second-order valence-electron chi connectivity index (χ2n) is 6.67. The summed E-state index contributed by atoms with van der Waals surface area (Å²) in [6.45, 7) is 6.27. The Morgan fingerprint density at radius 1 is 1.07 bits per heavy atom. The highest BCUT2D eigenvalue weighted by molar-refractivity contribution is 14.0. The van der Waals surface area contributed by atoms with Crippen molar-refractivity contribution in [3.63, 3.8) is 0 Å². The third kappa shape index (κ3) is 8.31. The zero-order valence-corrected chi connectivity index (χ0v) is 20.5. The molecule has 2 N–H and O–H groups in total. The molecule has 160 valence electrons. The lowest BCUT2D eigenvalue weighted by Crippen LogP contribution is -2.36. The molecule has 0 radical (unpaired) electrons. The molecule has 2 aromatic rings. The number of aliphatic imine (C=N–C) groups is 1. The summed E-state index contributed by atoms with van der Waals surface area (Å²) >= 11 is 0. The first-order valence-electron chi connectivity index (χ1n) is 9.22. The SMILES string of the molecule is CCNC(=NCc1cccc(COC)c1)NCc1ccc(S(C)(=O)=O)c(C)c1.I. The Kier molecular flexibility index (Phi) is 10.6. The molecule has 0 amide bonds. The fourth-order valence-electron chi connectivity index (χ4n) is 2.92. The van der Waals surface area contributed by atoms with Gasteiger partial charge in [0.2, 0.25) is 0 Å². The lowest BCUT2D eigenvalue weighted by molar-refractivity contribution is 0.185. The zero-order chi connectivity index (χ0) is 20.6. The molecule has 0 saturated heterocycles. The van der Waals surface area contributed by atoms with Crippen LogP contribution in [0.1, 0.15) is 29.2 Å². The van der Waals surface area contributed by atoms with E-state index in [0.717, 1.165) is 28.8 Å². The van der Waals surface area contributed by atoms with E-state index in [1.807, 2.05) is 44.2 Å². The largest absolute Gasteiger partial charge is 0.380 e. The number of sulfone groups is 1. The van der Waals surface area contributed by atoms with E-state index >= 15 is 0 Å². The second kappa shape index (κ2) is 12.1. The summed E-state index contributed by atoms with van der Waals surface area (Å²) in [7, 11) is -1.52. The fraction of sp³-hybridized carbons (Fsp3) is 0.381. The molecule has 8 heteroatoms. The van der Waals surface area contributed by atoms with Crippen molar-refractivity contribution in [2.24, 2.45) is 4.99 Å². The van der Waals surface area contributed by atoms with Gasteiger partial charge in [-0.05, 0) is 42.2 Å². The van der Waals surface area contributed by atoms with Crippen molar-refractivity contribution in [3.8, 4) is 0 Å². The monoisotopic (exact) mass is 531 g/mol. The summed E-state index contributed by atoms with van der Waals surface area (Å²) in [6, 6.07) is 13.5. The van der Waals surface area contributed by atoms with Crippen LogP contribution < -0.4 is 10.6 Å². The lowest BCUT2D eigenvalue weighted by Gasteiger charge is -2.13. The fourth-order valence-corrected chi connectivity index (χ4v) is 3.88. The van der Waals surface area contributed by atoms with Crippen LogP contribution in [0.25, 0.3) is 0 Å². The number of hydrogen-bond donors (Lipinski definition) is 2. The third-order valence-corrected chi connectivity index (χ3v) is 5.42. The van der Waals surface area contributed by atoms with Crippen LogP contribution in [0.3, 0.4) is 0 Å². The van der Waals surface area contributed by atoms with Gasteiger partial charge in [-0.1, -0.05) is 36.4 Å². The van der Waals surface area contributed by atoms with Gasteiger partial charge in [0.15, 0.2) is 15.8 Å². The number of nitrogens with one attached hydrogen (secondary N) is 2. The molecule has 0 aliphatic carbocycles. The number of benzene rings is 2. The van der Waals surface area contributed by atoms with Gasteiger partial charge >= 0.3 is 0 Å². The van der Waals surface area contributed by atoms with Crippen molar-refractivity contribution in [3.05, 3.63) is 64.7 Å². The number of ether oxygens (including phenoxy) is 1. The molecule has 2 rings (SSSR count). The van der Waals surface area contributed by atoms with E-state index in [-0.39, 0.29) is 24.0 Å². The second-order valence-corrected chi connectivity index (χ2v) is 8.66. The van der Waals surface area contributed by atoms with Crippen molar-refractivity contribution < 1.29 is 13.2 Å². The van der Waals surface area contributed by atoms with Gasteiger partial charge in [0.25, 0.3) is 0 Å². The number of rotatable bonds is 8. The third-order valence-electron chi connectivity index (χ3n) is 4.17. The highest BCUT2D eigenvalue weighted by Gasteiger charge is 2.11. The molecule has 0 fully saturated rings. The Balaban J connectivity index is 0.00000420. The average Bonchev–Trinajstić information content (AvgIpc) is 2.63. The summed E-state index contributed by atoms with van der Waals surface area (Å²) in [6.07, 6.45) is 1.23. The summed E-state index contributed by atoms with van der Waals surface area (Å²) < 4.78 is 28.7. The van der Waals surface area contributed by atoms with Crippen molar-refractivity contribution in [1.29, 1.82) is 0 Å². The Hall–Kier alpha value is -1.65. The van der Waals surface area contributed by atoms with Gasteiger partial charge in [-0.2, -0.15) is 0 Å². The van der Waals surface area contributed by atoms with Crippen molar-refractivity contribution in [2.45, 2.75) is 38.4 Å². The highest BCUT2D eigenvalue weighted by Crippen LogP contribution is 2.16. The van der Waals surface area contributed by atoms with Crippen LogP contribution in [0.2, 0.25) is 0 Å². The Morgan fingerprint density at radius 3 is 2.41 bits per heavy atom. The number of guanidine groups is 1. The number of nitrogens with zero attached hydrogens (tertiary/aromatic N) is 1. The minimum atomic E-state index is -3.20. The van der Waals surface area contributed by atoms with Crippen LogP contribution in [0.15, 0.2) is 52.4 Å². The van der Waals surface area contributed by atoms with Crippen LogP contribution in [-0.4, -0.2) is 34.3 Å². The van der Waals surface area contributed by atoms with Gasteiger partial charge in [-0.3, -0.25) is 0 Å². The van der Waals surface area contributed by atoms with Gasteiger partial charge in [0, 0.05) is 26.5 Å². The minimum absolute atomic E-state index is 0. The molecule has 2 aromatic carbocycles. The highest BCUT2D eigenvalue weighted by atomic mass is 127. The molecule has 6 nitrogen and oxygen atoms in total. The molecule has 0 aliphatic heterocycles. The predicted molar refractivity (Wildman–Crippen MR) is 129 cm³/mol. The van der Waals surface area contributed by atoms with Gasteiger partial charge in [-0.15, -0.1) is 24.0 Å². The zero-order valence-electron chi connectivity index (χ0n) is 17.4. The van der Waals surface area contributed by atoms with Crippen LogP contribution in [0.5, 0.6) is 0 Å². The molecule has 0 spiro atoms. The smallest absolute Gasteiger partial charge is 0.191 e. The van der Waals surface area contributed by atoms with Crippen LogP contribution in [0, 0.1) is 6.92 Å². The molecule has 0 heterocycles. The molecule has 0 aromatic heterocycles. The minimum Gasteiger partial charge on any atom is -0.380 e. The Morgan fingerprint density at radius 2 is 1.79 bits per heavy atom. The maximum absolute atomic E-state index is 11.7. The quantitative estimate of drug-likeness (QED) is 0.310. The summed E-state index contributed by atoms with van der Waals surface area (Å²) in [5, 5.41) is 6.53. The molecule has 0 aliphatic rings. The van der Waals surface area contributed by atoms with Gasteiger partial charge in [-0.25, -0.2) is 13.4 Å². The van der Waals surface area contributed by atoms with E-state index in [0.29, 0.717) is 30.6 Å². The maximum atomic E-state index is 11.7. The van der Waals surface area contributed by atoms with Crippen molar-refractivity contribution in [1.82, 2.24) is 10.6 Å². The topological polar surface area (TPSA) is 79.8 Å². The summed E-state index contributed by atoms with van der Waals surface area (Å²) in [5.74, 6) is 0.712. The molecule has 0 atom stereocenters. The number of hydrogen-bond acceptors (Lipinski definition) is 4. The van der Waals surface area contributed by atoms with Crippen LogP contribution >= 0.6 is 24.0 Å². The lowest BCUT2D eigenvalue weighted by atomic mass is 10.1. The Bertz CT molecular complexity index is 931. The van der Waals surface area contributed by atoms with Gasteiger partial charge < -0.3 is 15.4 Å². The van der Waals surface area contributed by atoms with E-state index in [1.54, 1.807) is 13.2 Å². The first-order valence-corrected chi connectivity index (χ1v) is 11.1. The Labute approximate surface area is 191 Å². The van der Waals surface area contributed by atoms with E-state index in [4.69, 9.17) is 4.74 Å². The first-order chi connectivity index (χ1) is 13.3. The molecule has 0 unspecified atom stereocenters. The summed E-state index contributed by atoms with van der Waals surface area (Å²) in [5.41, 5.74) is 3.98. The van der Waals surface area contributed by atoms with E-state index < -0.39 is 9.84 Å². The van der Waals surface area contributed by atoms with Crippen molar-refractivity contribution >= 4 is 39.8 Å². The maximum Gasteiger partial charge on any atom is 0.191 e. The molecule has 29 heavy (non-hydrogen) atoms. The number of methoxy groups -OCH3 is 1. The predicted octanol–water partition coefficient (Wildman–Crippen LogP) is 3.42. The van der Waals surface area contributed by atoms with E-state index in [2.05, 4.69) is 21.7 Å². The molecule has 0 saturated carbocycles. The van der Waals surface area contributed by atoms with Crippen LogP contribution in [0.4, 0.5) is 0 Å². The average molecular weight is 531 g/mol. The molecular weight excluding hydrogens is 501 g/mol. The first kappa shape index (κ1) is 25.4. The van der Waals surface area contributed by atoms with E-state index in [9.17, 15) is 8.42 Å². The normalized spacial score (nSPS) is 11.7. The van der Waals surface area contributed by atoms with Crippen molar-refractivity contribution in [2.75, 3.05) is 19.9 Å².